The molecular formula is C16H21NO. The summed E-state index contributed by atoms with van der Waals surface area (Å²) < 4.78 is 0. The van der Waals surface area contributed by atoms with Crippen LogP contribution >= 0.6 is 0 Å². The van der Waals surface area contributed by atoms with Gasteiger partial charge in [-0.1, -0.05) is 44.0 Å². The summed E-state index contributed by atoms with van der Waals surface area (Å²) in [6.45, 7) is 2.34. The van der Waals surface area contributed by atoms with Gasteiger partial charge < -0.3 is 5.73 Å². The first kappa shape index (κ1) is 12.9. The number of amides is 1. The summed E-state index contributed by atoms with van der Waals surface area (Å²) in [6, 6.07) is 8.49. The van der Waals surface area contributed by atoms with Gasteiger partial charge >= 0.3 is 0 Å². The van der Waals surface area contributed by atoms with Crippen LogP contribution in [0.2, 0.25) is 0 Å². The molecule has 1 aromatic carbocycles. The molecule has 2 nitrogen and oxygen atoms in total. The van der Waals surface area contributed by atoms with Gasteiger partial charge in [-0.25, -0.2) is 0 Å². The molecule has 0 radical (unpaired) electrons. The zero-order valence-corrected chi connectivity index (χ0v) is 10.9. The topological polar surface area (TPSA) is 43.1 Å². The van der Waals surface area contributed by atoms with E-state index in [4.69, 9.17) is 5.73 Å². The highest BCUT2D eigenvalue weighted by atomic mass is 16.1. The Balaban J connectivity index is 2.01. The van der Waals surface area contributed by atoms with E-state index in [0.29, 0.717) is 0 Å². The summed E-state index contributed by atoms with van der Waals surface area (Å²) in [5, 5.41) is 0. The molecule has 18 heavy (non-hydrogen) atoms. The first-order valence-corrected chi connectivity index (χ1v) is 6.72. The quantitative estimate of drug-likeness (QED) is 0.811. The van der Waals surface area contributed by atoms with Crippen molar-refractivity contribution in [1.82, 2.24) is 0 Å². The van der Waals surface area contributed by atoms with E-state index in [0.717, 1.165) is 17.4 Å². The Kier molecular flexibility index (Phi) is 4.19. The predicted molar refractivity (Wildman–Crippen MR) is 75.0 cm³/mol. The van der Waals surface area contributed by atoms with Crippen molar-refractivity contribution in [2.24, 2.45) is 11.7 Å². The fourth-order valence-corrected chi connectivity index (χ4v) is 2.65. The molecule has 0 atom stereocenters. The number of carbonyl (C=O) groups excluding carboxylic acids is 1. The molecule has 1 fully saturated rings. The molecule has 2 heteroatoms. The first-order chi connectivity index (χ1) is 8.65. The minimum atomic E-state index is -0.402. The lowest BCUT2D eigenvalue weighted by Crippen LogP contribution is -2.10. The third-order valence-corrected chi connectivity index (χ3v) is 3.86. The van der Waals surface area contributed by atoms with Crippen molar-refractivity contribution in [3.8, 4) is 0 Å². The molecule has 1 aromatic rings. The van der Waals surface area contributed by atoms with E-state index in [1.165, 1.54) is 37.3 Å². The lowest BCUT2D eigenvalue weighted by atomic mass is 9.79. The normalized spacial score (nSPS) is 24.3. The molecule has 0 spiro atoms. The monoisotopic (exact) mass is 243 g/mol. The minimum Gasteiger partial charge on any atom is -0.366 e. The average molecular weight is 243 g/mol. The molecule has 1 aliphatic carbocycles. The largest absolute Gasteiger partial charge is 0.366 e. The summed E-state index contributed by atoms with van der Waals surface area (Å²) in [5.41, 5.74) is 7.53. The van der Waals surface area contributed by atoms with E-state index >= 15 is 0 Å². The maximum Gasteiger partial charge on any atom is 0.241 e. The van der Waals surface area contributed by atoms with E-state index < -0.39 is 5.91 Å². The van der Waals surface area contributed by atoms with E-state index in [-0.39, 0.29) is 0 Å². The van der Waals surface area contributed by atoms with Crippen LogP contribution < -0.4 is 5.73 Å². The molecule has 0 aromatic heterocycles. The second-order valence-corrected chi connectivity index (χ2v) is 5.36. The second-order valence-electron chi connectivity index (χ2n) is 5.36. The molecule has 96 valence electrons. The summed E-state index contributed by atoms with van der Waals surface area (Å²) in [4.78, 5) is 10.7. The smallest absolute Gasteiger partial charge is 0.241 e. The van der Waals surface area contributed by atoms with Gasteiger partial charge in [0.1, 0.15) is 0 Å². The van der Waals surface area contributed by atoms with Gasteiger partial charge in [0.25, 0.3) is 0 Å². The van der Waals surface area contributed by atoms with Gasteiger partial charge in [0.2, 0.25) is 5.91 Å². The number of benzene rings is 1. The molecule has 1 saturated carbocycles. The summed E-state index contributed by atoms with van der Waals surface area (Å²) in [6.07, 6.45) is 8.45. The van der Waals surface area contributed by atoms with Gasteiger partial charge in [-0.05, 0) is 41.9 Å². The fraction of sp³-hybridized carbons (Fsp3) is 0.438. The Bertz CT molecular complexity index is 425. The van der Waals surface area contributed by atoms with Crippen LogP contribution in [0.4, 0.5) is 0 Å². The van der Waals surface area contributed by atoms with Crippen LogP contribution in [-0.4, -0.2) is 5.91 Å². The standard InChI is InChI=1S/C16H21NO/c1-12-2-7-14(8-3-12)15-9-4-13(5-10-15)6-11-16(17)18/h4-6,9-12,14H,2-3,7-8H2,1H3,(H2,17,18). The molecule has 0 saturated heterocycles. The van der Waals surface area contributed by atoms with Crippen LogP contribution in [0, 0.1) is 5.92 Å². The molecular weight excluding hydrogens is 222 g/mol. The Morgan fingerprint density at radius 3 is 2.33 bits per heavy atom. The van der Waals surface area contributed by atoms with Gasteiger partial charge in [0.05, 0.1) is 0 Å². The lowest BCUT2D eigenvalue weighted by molar-refractivity contribution is -0.113. The van der Waals surface area contributed by atoms with Crippen molar-refractivity contribution in [2.45, 2.75) is 38.5 Å². The molecule has 1 aliphatic rings. The molecule has 2 N–H and O–H groups in total. The van der Waals surface area contributed by atoms with Gasteiger partial charge in [-0.2, -0.15) is 0 Å². The van der Waals surface area contributed by atoms with E-state index in [1.54, 1.807) is 6.08 Å². The third-order valence-electron chi connectivity index (χ3n) is 3.86. The Hall–Kier alpha value is -1.57. The Labute approximate surface area is 109 Å². The van der Waals surface area contributed by atoms with Crippen LogP contribution in [0.25, 0.3) is 6.08 Å². The number of carbonyl (C=O) groups is 1. The van der Waals surface area contributed by atoms with Gasteiger partial charge in [-0.15, -0.1) is 0 Å². The summed E-state index contributed by atoms with van der Waals surface area (Å²) in [5.74, 6) is 1.20. The molecule has 0 unspecified atom stereocenters. The van der Waals surface area contributed by atoms with Crippen LogP contribution in [0.3, 0.4) is 0 Å². The van der Waals surface area contributed by atoms with Gasteiger partial charge in [-0.3, -0.25) is 4.79 Å². The van der Waals surface area contributed by atoms with Crippen LogP contribution in [0.15, 0.2) is 30.3 Å². The number of hydrogen-bond donors (Lipinski definition) is 1. The van der Waals surface area contributed by atoms with Crippen molar-refractivity contribution in [3.63, 3.8) is 0 Å². The van der Waals surface area contributed by atoms with E-state index in [9.17, 15) is 4.79 Å². The fourth-order valence-electron chi connectivity index (χ4n) is 2.65. The summed E-state index contributed by atoms with van der Waals surface area (Å²) >= 11 is 0. The number of primary amides is 1. The molecule has 0 bridgehead atoms. The Morgan fingerprint density at radius 2 is 1.78 bits per heavy atom. The highest BCUT2D eigenvalue weighted by Crippen LogP contribution is 2.35. The van der Waals surface area contributed by atoms with Crippen LogP contribution in [-0.2, 0) is 4.79 Å². The van der Waals surface area contributed by atoms with Crippen molar-refractivity contribution < 1.29 is 4.79 Å². The highest BCUT2D eigenvalue weighted by molar-refractivity contribution is 5.90. The number of hydrogen-bond acceptors (Lipinski definition) is 1. The molecule has 1 amide bonds. The highest BCUT2D eigenvalue weighted by Gasteiger charge is 2.19. The van der Waals surface area contributed by atoms with Crippen molar-refractivity contribution in [3.05, 3.63) is 41.5 Å². The first-order valence-electron chi connectivity index (χ1n) is 6.72. The lowest BCUT2D eigenvalue weighted by Gasteiger charge is -2.26. The SMILES string of the molecule is CC1CCC(c2ccc(C=CC(N)=O)cc2)CC1. The van der Waals surface area contributed by atoms with E-state index in [1.807, 2.05) is 0 Å². The molecule has 0 aliphatic heterocycles. The number of rotatable bonds is 3. The maximum atomic E-state index is 10.7. The van der Waals surface area contributed by atoms with Crippen LogP contribution in [0.1, 0.15) is 49.7 Å². The second kappa shape index (κ2) is 5.85. The molecule has 0 heterocycles. The molecule has 2 rings (SSSR count). The van der Waals surface area contributed by atoms with Crippen molar-refractivity contribution >= 4 is 12.0 Å². The van der Waals surface area contributed by atoms with E-state index in [2.05, 4.69) is 31.2 Å². The van der Waals surface area contributed by atoms with Gasteiger partial charge in [0, 0.05) is 6.08 Å². The van der Waals surface area contributed by atoms with Crippen LogP contribution in [0.5, 0.6) is 0 Å². The van der Waals surface area contributed by atoms with Gasteiger partial charge in [0.15, 0.2) is 0 Å². The zero-order valence-electron chi connectivity index (χ0n) is 10.9. The average Bonchev–Trinajstić information content (AvgIpc) is 2.38. The van der Waals surface area contributed by atoms with Crippen molar-refractivity contribution in [1.29, 1.82) is 0 Å². The Morgan fingerprint density at radius 1 is 1.17 bits per heavy atom. The third kappa shape index (κ3) is 3.46. The zero-order chi connectivity index (χ0) is 13.0. The maximum absolute atomic E-state index is 10.7. The summed E-state index contributed by atoms with van der Waals surface area (Å²) in [7, 11) is 0. The number of nitrogens with two attached hydrogens (primary N) is 1. The van der Waals surface area contributed by atoms with Crippen molar-refractivity contribution in [2.75, 3.05) is 0 Å². The minimum absolute atomic E-state index is 0.402. The predicted octanol–water partition coefficient (Wildman–Crippen LogP) is 3.48.